The highest BCUT2D eigenvalue weighted by Crippen LogP contribution is 2.21. The Hall–Kier alpha value is -1.51. The van der Waals surface area contributed by atoms with Crippen molar-refractivity contribution in [1.82, 2.24) is 0 Å². The van der Waals surface area contributed by atoms with Crippen molar-refractivity contribution in [3.63, 3.8) is 0 Å². The molecule has 0 spiro atoms. The van der Waals surface area contributed by atoms with E-state index in [1.807, 2.05) is 6.92 Å². The van der Waals surface area contributed by atoms with Crippen LogP contribution in [0.5, 0.6) is 0 Å². The molecule has 0 aliphatic rings. The monoisotopic (exact) mass is 191 g/mol. The molecule has 1 aromatic rings. The Morgan fingerprint density at radius 3 is 2.43 bits per heavy atom. The summed E-state index contributed by atoms with van der Waals surface area (Å²) in [5.74, 6) is 0.137. The van der Waals surface area contributed by atoms with Crippen LogP contribution in [0.1, 0.15) is 29.7 Å². The van der Waals surface area contributed by atoms with Crippen LogP contribution in [0.25, 0.3) is 0 Å². The predicted octanol–water partition coefficient (Wildman–Crippen LogP) is 1.64. The van der Waals surface area contributed by atoms with Crippen LogP contribution in [-0.2, 0) is 0 Å². The van der Waals surface area contributed by atoms with Gasteiger partial charge in [-0.15, -0.1) is 0 Å². The van der Waals surface area contributed by atoms with Crippen molar-refractivity contribution in [2.45, 2.75) is 26.8 Å². The van der Waals surface area contributed by atoms with Gasteiger partial charge in [0.2, 0.25) is 0 Å². The van der Waals surface area contributed by atoms with Gasteiger partial charge in [0.25, 0.3) is 0 Å². The first-order chi connectivity index (χ1) is 6.50. The van der Waals surface area contributed by atoms with Gasteiger partial charge in [-0.05, 0) is 31.9 Å². The molecule has 3 heteroatoms. The lowest BCUT2D eigenvalue weighted by atomic mass is 10.0. The third-order valence-corrected chi connectivity index (χ3v) is 2.22. The molecule has 1 rings (SSSR count). The van der Waals surface area contributed by atoms with E-state index in [9.17, 15) is 0 Å². The molecule has 0 saturated heterocycles. The molecule has 0 aliphatic heterocycles. The highest BCUT2D eigenvalue weighted by Gasteiger charge is 2.06. The van der Waals surface area contributed by atoms with Crippen molar-refractivity contribution >= 4 is 5.96 Å². The third-order valence-electron chi connectivity index (χ3n) is 2.22. The topological polar surface area (TPSA) is 64.4 Å². The molecule has 14 heavy (non-hydrogen) atoms. The number of hydrogen-bond donors (Lipinski definition) is 2. The maximum atomic E-state index is 5.34. The smallest absolute Gasteiger partial charge is 0.186 e. The summed E-state index contributed by atoms with van der Waals surface area (Å²) in [5.41, 5.74) is 14.3. The lowest BCUT2D eigenvalue weighted by molar-refractivity contribution is 0.807. The van der Waals surface area contributed by atoms with Crippen LogP contribution >= 0.6 is 0 Å². The average molecular weight is 191 g/mol. The summed E-state index contributed by atoms with van der Waals surface area (Å²) in [6.07, 6.45) is 0. The second-order valence-electron chi connectivity index (χ2n) is 3.59. The first-order valence-corrected chi connectivity index (χ1v) is 4.66. The Labute approximate surface area is 84.8 Å². The van der Waals surface area contributed by atoms with E-state index in [2.05, 4.69) is 37.0 Å². The Morgan fingerprint density at radius 1 is 1.29 bits per heavy atom. The van der Waals surface area contributed by atoms with Crippen LogP contribution in [-0.4, -0.2) is 5.96 Å². The number of guanidine groups is 1. The van der Waals surface area contributed by atoms with Gasteiger partial charge in [0.1, 0.15) is 0 Å². The van der Waals surface area contributed by atoms with Crippen molar-refractivity contribution in [3.8, 4) is 0 Å². The molecule has 0 unspecified atom stereocenters. The minimum Gasteiger partial charge on any atom is -0.370 e. The minimum absolute atomic E-state index is 0.0283. The van der Waals surface area contributed by atoms with Gasteiger partial charge in [0.15, 0.2) is 5.96 Å². The molecule has 0 saturated carbocycles. The Balaban J connectivity index is 3.02. The van der Waals surface area contributed by atoms with Gasteiger partial charge in [-0.1, -0.05) is 23.8 Å². The van der Waals surface area contributed by atoms with Gasteiger partial charge in [0, 0.05) is 0 Å². The number of aryl methyl sites for hydroxylation is 2. The summed E-state index contributed by atoms with van der Waals surface area (Å²) < 4.78 is 0. The van der Waals surface area contributed by atoms with Crippen LogP contribution < -0.4 is 11.5 Å². The molecule has 0 aliphatic carbocycles. The van der Waals surface area contributed by atoms with Crippen molar-refractivity contribution in [2.24, 2.45) is 16.5 Å². The summed E-state index contributed by atoms with van der Waals surface area (Å²) >= 11 is 0. The summed E-state index contributed by atoms with van der Waals surface area (Å²) in [7, 11) is 0. The predicted molar refractivity (Wildman–Crippen MR) is 60.1 cm³/mol. The van der Waals surface area contributed by atoms with E-state index in [1.165, 1.54) is 16.7 Å². The zero-order chi connectivity index (χ0) is 10.7. The average Bonchev–Trinajstić information content (AvgIpc) is 2.01. The zero-order valence-corrected chi connectivity index (χ0v) is 8.91. The van der Waals surface area contributed by atoms with Crippen LogP contribution in [0, 0.1) is 13.8 Å². The number of hydrogen-bond acceptors (Lipinski definition) is 1. The van der Waals surface area contributed by atoms with Gasteiger partial charge >= 0.3 is 0 Å². The Bertz CT molecular complexity index is 352. The van der Waals surface area contributed by atoms with Crippen LogP contribution in [0.15, 0.2) is 23.2 Å². The molecule has 1 atom stereocenters. The van der Waals surface area contributed by atoms with Gasteiger partial charge in [0.05, 0.1) is 6.04 Å². The highest BCUT2D eigenvalue weighted by atomic mass is 15.0. The first kappa shape index (κ1) is 10.6. The van der Waals surface area contributed by atoms with Crippen molar-refractivity contribution in [3.05, 3.63) is 34.9 Å². The lowest BCUT2D eigenvalue weighted by Crippen LogP contribution is -2.23. The van der Waals surface area contributed by atoms with Crippen molar-refractivity contribution in [2.75, 3.05) is 0 Å². The van der Waals surface area contributed by atoms with Crippen molar-refractivity contribution < 1.29 is 0 Å². The molecule has 0 bridgehead atoms. The summed E-state index contributed by atoms with van der Waals surface area (Å²) in [6.45, 7) is 6.13. The molecule has 0 fully saturated rings. The zero-order valence-electron chi connectivity index (χ0n) is 8.91. The van der Waals surface area contributed by atoms with Crippen LogP contribution in [0.2, 0.25) is 0 Å². The van der Waals surface area contributed by atoms with E-state index >= 15 is 0 Å². The molecule has 0 aromatic heterocycles. The van der Waals surface area contributed by atoms with Gasteiger partial charge < -0.3 is 11.5 Å². The molecule has 76 valence electrons. The van der Waals surface area contributed by atoms with Crippen molar-refractivity contribution in [1.29, 1.82) is 0 Å². The Morgan fingerprint density at radius 2 is 1.93 bits per heavy atom. The lowest BCUT2D eigenvalue weighted by Gasteiger charge is -2.11. The molecular weight excluding hydrogens is 174 g/mol. The summed E-state index contributed by atoms with van der Waals surface area (Å²) in [6, 6.07) is 6.30. The number of nitrogens with zero attached hydrogens (tertiary/aromatic N) is 1. The molecule has 0 amide bonds. The Kier molecular flexibility index (Phi) is 3.12. The standard InChI is InChI=1S/C11H17N3/c1-7-4-5-10(8(2)6-7)9(3)14-11(12)13/h4-6,9H,1-3H3,(H4,12,13,14)/t9-/m1/s1. The molecule has 0 radical (unpaired) electrons. The molecule has 1 aromatic carbocycles. The molecule has 0 heterocycles. The fourth-order valence-electron chi connectivity index (χ4n) is 1.59. The van der Waals surface area contributed by atoms with E-state index in [1.54, 1.807) is 0 Å². The van der Waals surface area contributed by atoms with Gasteiger partial charge in [-0.3, -0.25) is 0 Å². The quantitative estimate of drug-likeness (QED) is 0.551. The van der Waals surface area contributed by atoms with Gasteiger partial charge in [-0.25, -0.2) is 4.99 Å². The SMILES string of the molecule is Cc1ccc([C@@H](C)N=C(N)N)c(C)c1. The highest BCUT2D eigenvalue weighted by molar-refractivity contribution is 5.76. The number of rotatable bonds is 2. The number of aliphatic imine (C=N–C) groups is 1. The molecule has 4 N–H and O–H groups in total. The first-order valence-electron chi connectivity index (χ1n) is 4.66. The van der Waals surface area contributed by atoms with E-state index < -0.39 is 0 Å². The van der Waals surface area contributed by atoms with E-state index in [0.29, 0.717) is 0 Å². The summed E-state index contributed by atoms with van der Waals surface area (Å²) in [5, 5.41) is 0. The fraction of sp³-hybridized carbons (Fsp3) is 0.364. The maximum absolute atomic E-state index is 5.34. The van der Waals surface area contributed by atoms with E-state index in [0.717, 1.165) is 0 Å². The van der Waals surface area contributed by atoms with Gasteiger partial charge in [-0.2, -0.15) is 0 Å². The number of nitrogens with two attached hydrogens (primary N) is 2. The van der Waals surface area contributed by atoms with Crippen LogP contribution in [0.4, 0.5) is 0 Å². The second kappa shape index (κ2) is 4.13. The van der Waals surface area contributed by atoms with E-state index in [-0.39, 0.29) is 12.0 Å². The van der Waals surface area contributed by atoms with Crippen LogP contribution in [0.3, 0.4) is 0 Å². The largest absolute Gasteiger partial charge is 0.370 e. The number of benzene rings is 1. The molecular formula is C11H17N3. The summed E-state index contributed by atoms with van der Waals surface area (Å²) in [4.78, 5) is 4.11. The molecule has 3 nitrogen and oxygen atoms in total. The van der Waals surface area contributed by atoms with E-state index in [4.69, 9.17) is 11.5 Å². The third kappa shape index (κ3) is 2.49. The minimum atomic E-state index is 0.0283. The fourth-order valence-corrected chi connectivity index (χ4v) is 1.59. The normalized spacial score (nSPS) is 12.2. The second-order valence-corrected chi connectivity index (χ2v) is 3.59. The maximum Gasteiger partial charge on any atom is 0.186 e.